The average Bonchev–Trinajstić information content (AvgIpc) is 3.04. The summed E-state index contributed by atoms with van der Waals surface area (Å²) < 4.78 is 32.8. The molecule has 6 nitrogen and oxygen atoms in total. The van der Waals surface area contributed by atoms with Gasteiger partial charge in [0.15, 0.2) is 0 Å². The highest BCUT2D eigenvalue weighted by Gasteiger charge is 2.23. The minimum Gasteiger partial charge on any atom is -0.492 e. The minimum atomic E-state index is -3.64. The van der Waals surface area contributed by atoms with Crippen molar-refractivity contribution in [2.24, 2.45) is 0 Å². The molecular formula is C17H21ClN2O4S2. The van der Waals surface area contributed by atoms with Gasteiger partial charge in [0, 0.05) is 13.1 Å². The number of nitrogens with one attached hydrogen (secondary N) is 1. The summed E-state index contributed by atoms with van der Waals surface area (Å²) in [6, 6.07) is 7.70. The summed E-state index contributed by atoms with van der Waals surface area (Å²) in [5, 5.41) is 2.72. The Balaban J connectivity index is 2.41. The second kappa shape index (κ2) is 8.85. The van der Waals surface area contributed by atoms with E-state index in [2.05, 4.69) is 5.32 Å². The van der Waals surface area contributed by atoms with Crippen molar-refractivity contribution in [3.8, 4) is 5.75 Å². The Hall–Kier alpha value is -1.61. The molecule has 0 aliphatic rings. The number of benzene rings is 1. The van der Waals surface area contributed by atoms with Crippen LogP contribution in [0.2, 0.25) is 4.34 Å². The van der Waals surface area contributed by atoms with Crippen molar-refractivity contribution in [3.05, 3.63) is 39.5 Å². The van der Waals surface area contributed by atoms with Crippen molar-refractivity contribution in [3.63, 3.8) is 0 Å². The number of anilines is 1. The van der Waals surface area contributed by atoms with Gasteiger partial charge in [0.2, 0.25) is 10.0 Å². The van der Waals surface area contributed by atoms with Gasteiger partial charge in [-0.15, -0.1) is 11.3 Å². The molecule has 0 saturated carbocycles. The summed E-state index contributed by atoms with van der Waals surface area (Å²) in [4.78, 5) is 12.9. The van der Waals surface area contributed by atoms with Crippen molar-refractivity contribution in [2.45, 2.75) is 25.7 Å². The molecule has 1 N–H and O–H groups in total. The maximum absolute atomic E-state index is 12.7. The van der Waals surface area contributed by atoms with E-state index in [-0.39, 0.29) is 10.8 Å². The highest BCUT2D eigenvalue weighted by Crippen LogP contribution is 2.30. The lowest BCUT2D eigenvalue weighted by Gasteiger charge is -2.20. The van der Waals surface area contributed by atoms with Gasteiger partial charge in [-0.2, -0.15) is 4.31 Å². The molecule has 2 rings (SSSR count). The fraction of sp³-hybridized carbons (Fsp3) is 0.353. The van der Waals surface area contributed by atoms with Crippen LogP contribution in [-0.2, 0) is 10.0 Å². The van der Waals surface area contributed by atoms with Crippen LogP contribution in [0, 0.1) is 0 Å². The molecule has 26 heavy (non-hydrogen) atoms. The molecule has 0 radical (unpaired) electrons. The van der Waals surface area contributed by atoms with Crippen molar-refractivity contribution in [1.29, 1.82) is 0 Å². The third-order valence-corrected chi connectivity index (χ3v) is 6.92. The van der Waals surface area contributed by atoms with E-state index in [4.69, 9.17) is 16.3 Å². The highest BCUT2D eigenvalue weighted by atomic mass is 35.5. The van der Waals surface area contributed by atoms with Crippen molar-refractivity contribution >= 4 is 44.6 Å². The van der Waals surface area contributed by atoms with E-state index in [9.17, 15) is 13.2 Å². The van der Waals surface area contributed by atoms with E-state index < -0.39 is 10.0 Å². The molecule has 1 aromatic carbocycles. The number of hydrogen-bond acceptors (Lipinski definition) is 5. The number of nitrogens with zero attached hydrogens (tertiary/aromatic N) is 1. The Morgan fingerprint density at radius 1 is 1.19 bits per heavy atom. The molecule has 0 spiro atoms. The van der Waals surface area contributed by atoms with Gasteiger partial charge in [-0.05, 0) is 37.3 Å². The van der Waals surface area contributed by atoms with Crippen LogP contribution in [0.15, 0.2) is 35.2 Å². The molecule has 0 unspecified atom stereocenters. The Labute approximate surface area is 162 Å². The molecule has 0 bridgehead atoms. The second-order valence-electron chi connectivity index (χ2n) is 5.24. The van der Waals surface area contributed by atoms with Gasteiger partial charge in [0.1, 0.15) is 5.75 Å². The van der Waals surface area contributed by atoms with Crippen LogP contribution in [0.1, 0.15) is 30.4 Å². The molecule has 0 fully saturated rings. The predicted octanol–water partition coefficient (Wildman–Crippen LogP) is 4.08. The number of carbonyl (C=O) groups is 1. The van der Waals surface area contributed by atoms with Crippen LogP contribution in [-0.4, -0.2) is 38.3 Å². The minimum absolute atomic E-state index is 0.101. The van der Waals surface area contributed by atoms with Crippen LogP contribution < -0.4 is 10.1 Å². The van der Waals surface area contributed by atoms with E-state index in [0.29, 0.717) is 40.3 Å². The predicted molar refractivity (Wildman–Crippen MR) is 105 cm³/mol. The van der Waals surface area contributed by atoms with Gasteiger partial charge >= 0.3 is 0 Å². The Morgan fingerprint density at radius 3 is 2.42 bits per heavy atom. The zero-order valence-electron chi connectivity index (χ0n) is 14.8. The molecule has 0 saturated heterocycles. The van der Waals surface area contributed by atoms with E-state index in [1.54, 1.807) is 32.0 Å². The first-order valence-corrected chi connectivity index (χ1v) is 10.8. The number of thiophene rings is 1. The number of sulfonamides is 1. The van der Waals surface area contributed by atoms with Gasteiger partial charge in [-0.3, -0.25) is 4.79 Å². The van der Waals surface area contributed by atoms with Gasteiger partial charge in [-0.1, -0.05) is 25.4 Å². The number of ether oxygens (including phenoxy) is 1. The van der Waals surface area contributed by atoms with Crippen molar-refractivity contribution < 1.29 is 17.9 Å². The first-order chi connectivity index (χ1) is 12.3. The maximum Gasteiger partial charge on any atom is 0.265 e. The molecule has 142 valence electrons. The lowest BCUT2D eigenvalue weighted by Crippen LogP contribution is -2.30. The third kappa shape index (κ3) is 4.56. The summed E-state index contributed by atoms with van der Waals surface area (Å²) >= 11 is 7.01. The fourth-order valence-electron chi connectivity index (χ4n) is 2.38. The third-order valence-electron chi connectivity index (χ3n) is 3.64. The topological polar surface area (TPSA) is 75.7 Å². The molecular weight excluding hydrogens is 396 g/mol. The Morgan fingerprint density at radius 2 is 1.88 bits per heavy atom. The number of rotatable bonds is 8. The second-order valence-corrected chi connectivity index (χ2v) is 8.89. The molecule has 1 aromatic heterocycles. The van der Waals surface area contributed by atoms with Gasteiger partial charge in [0.05, 0.1) is 26.4 Å². The highest BCUT2D eigenvalue weighted by molar-refractivity contribution is 7.89. The SMILES string of the molecule is CCOc1ccc(S(=O)(=O)N(CC)CC)cc1NC(=O)c1ccc(Cl)s1. The molecule has 0 atom stereocenters. The number of carbonyl (C=O) groups excluding carboxylic acids is 1. The molecule has 0 aliphatic heterocycles. The summed E-state index contributed by atoms with van der Waals surface area (Å²) in [5.41, 5.74) is 0.301. The quantitative estimate of drug-likeness (QED) is 0.703. The van der Waals surface area contributed by atoms with E-state index in [0.717, 1.165) is 11.3 Å². The largest absolute Gasteiger partial charge is 0.492 e. The summed E-state index contributed by atoms with van der Waals surface area (Å²) in [5.74, 6) is 0.0299. The molecule has 1 amide bonds. The summed E-state index contributed by atoms with van der Waals surface area (Å²) in [7, 11) is -3.64. The first-order valence-electron chi connectivity index (χ1n) is 8.17. The fourth-order valence-corrected chi connectivity index (χ4v) is 4.80. The average molecular weight is 417 g/mol. The zero-order valence-corrected chi connectivity index (χ0v) is 17.2. The van der Waals surface area contributed by atoms with E-state index in [1.165, 1.54) is 16.4 Å². The van der Waals surface area contributed by atoms with Gasteiger partial charge in [0.25, 0.3) is 5.91 Å². The summed E-state index contributed by atoms with van der Waals surface area (Å²) in [6.45, 7) is 6.47. The first kappa shape index (κ1) is 20.7. The van der Waals surface area contributed by atoms with Gasteiger partial charge < -0.3 is 10.1 Å². The van der Waals surface area contributed by atoms with E-state index >= 15 is 0 Å². The van der Waals surface area contributed by atoms with Crippen LogP contribution in [0.3, 0.4) is 0 Å². The number of halogens is 1. The number of amides is 1. The molecule has 0 aliphatic carbocycles. The molecule has 9 heteroatoms. The lowest BCUT2D eigenvalue weighted by molar-refractivity contribution is 0.103. The van der Waals surface area contributed by atoms with Crippen LogP contribution in [0.4, 0.5) is 5.69 Å². The maximum atomic E-state index is 12.7. The zero-order chi connectivity index (χ0) is 19.3. The number of hydrogen-bond donors (Lipinski definition) is 1. The Kier molecular flexibility index (Phi) is 7.05. The smallest absolute Gasteiger partial charge is 0.265 e. The van der Waals surface area contributed by atoms with Crippen molar-refractivity contribution in [2.75, 3.05) is 25.0 Å². The summed E-state index contributed by atoms with van der Waals surface area (Å²) in [6.07, 6.45) is 0. The van der Waals surface area contributed by atoms with Crippen LogP contribution >= 0.6 is 22.9 Å². The standard InChI is InChI=1S/C17H21ClN2O4S2/c1-4-20(5-2)26(22,23)12-7-8-14(24-6-3)13(11-12)19-17(21)15-9-10-16(18)25-15/h7-11H,4-6H2,1-3H3,(H,19,21). The Bertz CT molecular complexity index is 877. The van der Waals surface area contributed by atoms with Crippen molar-refractivity contribution in [1.82, 2.24) is 4.31 Å². The monoisotopic (exact) mass is 416 g/mol. The van der Waals surface area contributed by atoms with Crippen LogP contribution in [0.5, 0.6) is 5.75 Å². The molecule has 2 aromatic rings. The van der Waals surface area contributed by atoms with Crippen LogP contribution in [0.25, 0.3) is 0 Å². The normalized spacial score (nSPS) is 11.6. The van der Waals surface area contributed by atoms with E-state index in [1.807, 2.05) is 6.92 Å². The molecule has 1 heterocycles. The van der Waals surface area contributed by atoms with Gasteiger partial charge in [-0.25, -0.2) is 8.42 Å². The lowest BCUT2D eigenvalue weighted by atomic mass is 10.3.